The van der Waals surface area contributed by atoms with Gasteiger partial charge in [0.05, 0.1) is 27.0 Å². The van der Waals surface area contributed by atoms with Gasteiger partial charge in [0.2, 0.25) is 0 Å². The molecule has 0 saturated carbocycles. The molecule has 0 N–H and O–H groups in total. The summed E-state index contributed by atoms with van der Waals surface area (Å²) < 4.78 is 16.1. The summed E-state index contributed by atoms with van der Waals surface area (Å²) in [5.41, 5.74) is 4.80. The van der Waals surface area contributed by atoms with Crippen LogP contribution < -0.4 is 19.1 Å². The van der Waals surface area contributed by atoms with Gasteiger partial charge in [0.15, 0.2) is 0 Å². The summed E-state index contributed by atoms with van der Waals surface area (Å²) in [6.07, 6.45) is 0. The number of amidine groups is 1. The van der Waals surface area contributed by atoms with Crippen molar-refractivity contribution in [2.24, 2.45) is 4.99 Å². The number of nitrogens with zero attached hydrogens (tertiary/aromatic N) is 2. The molecule has 0 aromatic heterocycles. The minimum atomic E-state index is -0.258. The van der Waals surface area contributed by atoms with Crippen molar-refractivity contribution >= 4 is 17.2 Å². The molecule has 4 aromatic rings. The normalized spacial score (nSPS) is 14.1. The van der Waals surface area contributed by atoms with Gasteiger partial charge in [-0.1, -0.05) is 30.0 Å². The number of hydrogen-bond donors (Lipinski definition) is 0. The van der Waals surface area contributed by atoms with Crippen molar-refractivity contribution < 1.29 is 14.2 Å². The maximum atomic E-state index is 5.40. The Hall–Kier alpha value is -4.69. The third-order valence-corrected chi connectivity index (χ3v) is 6.09. The molecule has 0 amide bonds. The molecule has 0 fully saturated rings. The lowest BCUT2D eigenvalue weighted by molar-refractivity contribution is 0.414. The van der Waals surface area contributed by atoms with Crippen molar-refractivity contribution in [2.45, 2.75) is 6.04 Å². The molecule has 0 bridgehead atoms. The first kappa shape index (κ1) is 23.1. The van der Waals surface area contributed by atoms with E-state index in [0.717, 1.165) is 51.1 Å². The number of para-hydroxylation sites is 1. The molecule has 1 aliphatic heterocycles. The molecular weight excluding hydrogens is 448 g/mol. The number of benzene rings is 4. The van der Waals surface area contributed by atoms with E-state index < -0.39 is 0 Å². The molecule has 36 heavy (non-hydrogen) atoms. The summed E-state index contributed by atoms with van der Waals surface area (Å²) in [7, 11) is 4.99. The van der Waals surface area contributed by atoms with E-state index >= 15 is 0 Å². The van der Waals surface area contributed by atoms with E-state index in [2.05, 4.69) is 22.8 Å². The van der Waals surface area contributed by atoms with E-state index in [1.165, 1.54) is 0 Å². The molecule has 0 saturated heterocycles. The summed E-state index contributed by atoms with van der Waals surface area (Å²) in [4.78, 5) is 7.27. The maximum Gasteiger partial charge on any atom is 0.142 e. The fourth-order valence-corrected chi connectivity index (χ4v) is 4.18. The second kappa shape index (κ2) is 10.3. The fraction of sp³-hybridized carbons (Fsp3) is 0.129. The summed E-state index contributed by atoms with van der Waals surface area (Å²) in [5, 5.41) is 0. The molecule has 5 rings (SSSR count). The average molecular weight is 475 g/mol. The highest BCUT2D eigenvalue weighted by Crippen LogP contribution is 2.39. The van der Waals surface area contributed by atoms with Gasteiger partial charge in [-0.15, -0.1) is 0 Å². The van der Waals surface area contributed by atoms with Crippen LogP contribution in [0.4, 0.5) is 11.4 Å². The molecule has 5 nitrogen and oxygen atoms in total. The van der Waals surface area contributed by atoms with Crippen molar-refractivity contribution in [1.82, 2.24) is 0 Å². The van der Waals surface area contributed by atoms with Crippen LogP contribution in [-0.2, 0) is 0 Å². The van der Waals surface area contributed by atoms with Crippen LogP contribution in [0.15, 0.2) is 102 Å². The molecule has 0 spiro atoms. The average Bonchev–Trinajstić information content (AvgIpc) is 2.95. The number of anilines is 1. The van der Waals surface area contributed by atoms with Crippen LogP contribution >= 0.6 is 0 Å². The van der Waals surface area contributed by atoms with Gasteiger partial charge in [0.25, 0.3) is 0 Å². The van der Waals surface area contributed by atoms with E-state index in [1.54, 1.807) is 21.3 Å². The summed E-state index contributed by atoms with van der Waals surface area (Å²) in [6.45, 7) is 0. The molecule has 1 atom stereocenters. The van der Waals surface area contributed by atoms with Gasteiger partial charge < -0.3 is 19.1 Å². The largest absolute Gasteiger partial charge is 0.497 e. The summed E-state index contributed by atoms with van der Waals surface area (Å²) >= 11 is 0. The molecule has 5 heteroatoms. The predicted molar refractivity (Wildman–Crippen MR) is 144 cm³/mol. The summed E-state index contributed by atoms with van der Waals surface area (Å²) in [6, 6.07) is 31.6. The van der Waals surface area contributed by atoms with E-state index in [-0.39, 0.29) is 6.04 Å². The quantitative estimate of drug-likeness (QED) is 0.314. The van der Waals surface area contributed by atoms with Crippen LogP contribution in [0, 0.1) is 11.8 Å². The van der Waals surface area contributed by atoms with Crippen molar-refractivity contribution in [3.63, 3.8) is 0 Å². The number of rotatable bonds is 5. The minimum absolute atomic E-state index is 0.258. The summed E-state index contributed by atoms with van der Waals surface area (Å²) in [5.74, 6) is 10.1. The van der Waals surface area contributed by atoms with Gasteiger partial charge in [-0.3, -0.25) is 0 Å². The molecule has 0 radical (unpaired) electrons. The van der Waals surface area contributed by atoms with Gasteiger partial charge in [-0.25, -0.2) is 4.99 Å². The van der Waals surface area contributed by atoms with E-state index in [9.17, 15) is 0 Å². The van der Waals surface area contributed by atoms with E-state index in [4.69, 9.17) is 19.2 Å². The number of aliphatic imine (C=N–C) groups is 1. The van der Waals surface area contributed by atoms with Crippen LogP contribution in [0.25, 0.3) is 0 Å². The predicted octanol–water partition coefficient (Wildman–Crippen LogP) is 6.40. The Morgan fingerprint density at radius 2 is 1.22 bits per heavy atom. The van der Waals surface area contributed by atoms with Gasteiger partial charge in [-0.2, -0.15) is 0 Å². The minimum Gasteiger partial charge on any atom is -0.497 e. The zero-order valence-corrected chi connectivity index (χ0v) is 20.4. The topological polar surface area (TPSA) is 43.3 Å². The maximum absolute atomic E-state index is 5.40. The van der Waals surface area contributed by atoms with Gasteiger partial charge in [0, 0.05) is 22.4 Å². The lowest BCUT2D eigenvalue weighted by atomic mass is 9.98. The molecule has 178 valence electrons. The number of fused-ring (bicyclic) bond motifs is 1. The molecule has 1 aliphatic rings. The lowest BCUT2D eigenvalue weighted by Gasteiger charge is -2.36. The smallest absolute Gasteiger partial charge is 0.142 e. The fourth-order valence-electron chi connectivity index (χ4n) is 4.18. The Kier molecular flexibility index (Phi) is 6.59. The van der Waals surface area contributed by atoms with E-state index in [1.807, 2.05) is 91.0 Å². The second-order valence-corrected chi connectivity index (χ2v) is 8.19. The zero-order chi connectivity index (χ0) is 24.9. The third kappa shape index (κ3) is 4.62. The molecule has 0 aliphatic carbocycles. The van der Waals surface area contributed by atoms with Gasteiger partial charge >= 0.3 is 0 Å². The van der Waals surface area contributed by atoms with Crippen LogP contribution in [0.1, 0.15) is 22.7 Å². The molecule has 4 aromatic carbocycles. The highest BCUT2D eigenvalue weighted by atomic mass is 16.5. The van der Waals surface area contributed by atoms with Crippen LogP contribution in [0.2, 0.25) is 0 Å². The number of hydrogen-bond acceptors (Lipinski definition) is 5. The van der Waals surface area contributed by atoms with Crippen LogP contribution in [-0.4, -0.2) is 27.2 Å². The Morgan fingerprint density at radius 1 is 0.667 bits per heavy atom. The lowest BCUT2D eigenvalue weighted by Crippen LogP contribution is -2.37. The van der Waals surface area contributed by atoms with Crippen LogP contribution in [0.3, 0.4) is 0 Å². The number of methoxy groups -OCH3 is 3. The van der Waals surface area contributed by atoms with E-state index in [0.29, 0.717) is 0 Å². The molecular formula is C31H26N2O3. The Labute approximate surface area is 211 Å². The first-order valence-electron chi connectivity index (χ1n) is 11.6. The Bertz CT molecular complexity index is 1430. The number of ether oxygens (including phenoxy) is 3. The highest BCUT2D eigenvalue weighted by molar-refractivity contribution is 6.13. The molecule has 1 heterocycles. The second-order valence-electron chi connectivity index (χ2n) is 8.19. The first-order valence-corrected chi connectivity index (χ1v) is 11.6. The standard InChI is InChI=1S/C31H26N2O3/c1-34-25-15-8-22(9-16-25)10-21-30-28-6-4-5-7-29(28)32-31(23-11-17-26(35-2)18-12-23)33(30)24-13-19-27(36-3)20-14-24/h4-9,11-20,30H,1-3H3. The van der Waals surface area contributed by atoms with Crippen molar-refractivity contribution in [1.29, 1.82) is 0 Å². The Balaban J connectivity index is 1.66. The first-order chi connectivity index (χ1) is 17.7. The monoisotopic (exact) mass is 474 g/mol. The Morgan fingerprint density at radius 3 is 1.83 bits per heavy atom. The van der Waals surface area contributed by atoms with Gasteiger partial charge in [-0.05, 0) is 78.9 Å². The van der Waals surface area contributed by atoms with Crippen molar-refractivity contribution in [3.8, 4) is 29.1 Å². The van der Waals surface area contributed by atoms with Crippen molar-refractivity contribution in [3.05, 3.63) is 114 Å². The van der Waals surface area contributed by atoms with Gasteiger partial charge in [0.1, 0.15) is 29.1 Å². The molecule has 1 unspecified atom stereocenters. The highest BCUT2D eigenvalue weighted by Gasteiger charge is 2.31. The van der Waals surface area contributed by atoms with Crippen molar-refractivity contribution in [2.75, 3.05) is 26.2 Å². The third-order valence-electron chi connectivity index (χ3n) is 6.09. The van der Waals surface area contributed by atoms with Crippen LogP contribution in [0.5, 0.6) is 17.2 Å². The zero-order valence-electron chi connectivity index (χ0n) is 20.4. The SMILES string of the molecule is COc1ccc(C#CC2c3ccccc3N=C(c3ccc(OC)cc3)N2c2ccc(OC)cc2)cc1.